The molecule has 3 nitrogen and oxygen atoms in total. The number of carbonyl (C=O) groups is 1. The second-order valence-electron chi connectivity index (χ2n) is 4.78. The summed E-state index contributed by atoms with van der Waals surface area (Å²) in [5.41, 5.74) is 0. The Morgan fingerprint density at radius 1 is 1.31 bits per heavy atom. The van der Waals surface area contributed by atoms with E-state index in [1.165, 1.54) is 0 Å². The van der Waals surface area contributed by atoms with E-state index >= 15 is 0 Å². The zero-order valence-electron chi connectivity index (χ0n) is 10.8. The lowest BCUT2D eigenvalue weighted by atomic mass is 9.86. The fraction of sp³-hybridized carbons (Fsp3) is 0.923. The second kappa shape index (κ2) is 6.89. The van der Waals surface area contributed by atoms with Crippen LogP contribution in [0, 0.1) is 5.92 Å². The molecule has 94 valence electrons. The van der Waals surface area contributed by atoms with Gasteiger partial charge in [0.05, 0.1) is 12.5 Å². The zero-order chi connectivity index (χ0) is 12.0. The number of hydrogen-bond acceptors (Lipinski definition) is 3. The largest absolute Gasteiger partial charge is 0.466 e. The summed E-state index contributed by atoms with van der Waals surface area (Å²) in [7, 11) is 0. The highest BCUT2D eigenvalue weighted by molar-refractivity contribution is 5.72. The Hall–Kier alpha value is -0.570. The fourth-order valence-electron chi connectivity index (χ4n) is 2.28. The van der Waals surface area contributed by atoms with E-state index in [1.54, 1.807) is 0 Å². The van der Waals surface area contributed by atoms with Crippen LogP contribution >= 0.6 is 0 Å². The van der Waals surface area contributed by atoms with Gasteiger partial charge in [0.25, 0.3) is 0 Å². The highest BCUT2D eigenvalue weighted by atomic mass is 16.5. The number of esters is 1. The molecule has 0 saturated heterocycles. The van der Waals surface area contributed by atoms with E-state index in [2.05, 4.69) is 19.2 Å². The van der Waals surface area contributed by atoms with Gasteiger partial charge >= 0.3 is 5.97 Å². The molecule has 0 radical (unpaired) electrons. The minimum absolute atomic E-state index is 0.00416. The van der Waals surface area contributed by atoms with Gasteiger partial charge in [0.2, 0.25) is 0 Å². The molecule has 1 fully saturated rings. The van der Waals surface area contributed by atoms with Gasteiger partial charge in [0.15, 0.2) is 0 Å². The zero-order valence-corrected chi connectivity index (χ0v) is 10.8. The SMILES string of the molecule is CCOC(=O)C1CCC(NC(C)CC)CC1. The molecule has 0 aromatic carbocycles. The monoisotopic (exact) mass is 227 g/mol. The fourth-order valence-corrected chi connectivity index (χ4v) is 2.28. The van der Waals surface area contributed by atoms with Gasteiger partial charge < -0.3 is 10.1 Å². The third-order valence-corrected chi connectivity index (χ3v) is 3.48. The quantitative estimate of drug-likeness (QED) is 0.733. The van der Waals surface area contributed by atoms with Crippen molar-refractivity contribution < 1.29 is 9.53 Å². The van der Waals surface area contributed by atoms with Gasteiger partial charge in [-0.15, -0.1) is 0 Å². The van der Waals surface area contributed by atoms with E-state index in [4.69, 9.17) is 4.74 Å². The summed E-state index contributed by atoms with van der Waals surface area (Å²) in [6.45, 7) is 6.79. The Balaban J connectivity index is 2.25. The van der Waals surface area contributed by atoms with Crippen LogP contribution in [0.4, 0.5) is 0 Å². The van der Waals surface area contributed by atoms with Gasteiger partial charge in [-0.05, 0) is 46.0 Å². The van der Waals surface area contributed by atoms with Crippen LogP contribution in [0.25, 0.3) is 0 Å². The van der Waals surface area contributed by atoms with Crippen LogP contribution in [0.2, 0.25) is 0 Å². The summed E-state index contributed by atoms with van der Waals surface area (Å²) >= 11 is 0. The molecule has 1 unspecified atom stereocenters. The molecule has 1 atom stereocenters. The average Bonchev–Trinajstić information content (AvgIpc) is 2.30. The summed E-state index contributed by atoms with van der Waals surface area (Å²) in [4.78, 5) is 11.5. The lowest BCUT2D eigenvalue weighted by Gasteiger charge is -2.29. The van der Waals surface area contributed by atoms with Crippen molar-refractivity contribution in [1.82, 2.24) is 5.32 Å². The van der Waals surface area contributed by atoms with Crippen molar-refractivity contribution in [2.45, 2.75) is 65.0 Å². The molecule has 0 aliphatic heterocycles. The second-order valence-corrected chi connectivity index (χ2v) is 4.78. The van der Waals surface area contributed by atoms with Gasteiger partial charge in [-0.25, -0.2) is 0 Å². The van der Waals surface area contributed by atoms with Crippen molar-refractivity contribution >= 4 is 5.97 Å². The van der Waals surface area contributed by atoms with Gasteiger partial charge in [0.1, 0.15) is 0 Å². The number of carbonyl (C=O) groups excluding carboxylic acids is 1. The van der Waals surface area contributed by atoms with E-state index < -0.39 is 0 Å². The number of rotatable bonds is 5. The van der Waals surface area contributed by atoms with Gasteiger partial charge in [0, 0.05) is 12.1 Å². The van der Waals surface area contributed by atoms with Gasteiger partial charge in [-0.2, -0.15) is 0 Å². The van der Waals surface area contributed by atoms with Crippen molar-refractivity contribution in [1.29, 1.82) is 0 Å². The van der Waals surface area contributed by atoms with Gasteiger partial charge in [-0.3, -0.25) is 4.79 Å². The first kappa shape index (κ1) is 13.5. The van der Waals surface area contributed by atoms with Crippen LogP contribution < -0.4 is 5.32 Å². The summed E-state index contributed by atoms with van der Waals surface area (Å²) in [5.74, 6) is 0.152. The maximum Gasteiger partial charge on any atom is 0.308 e. The maximum atomic E-state index is 11.5. The molecular weight excluding hydrogens is 202 g/mol. The molecule has 0 aromatic rings. The van der Waals surface area contributed by atoms with Crippen molar-refractivity contribution in [3.63, 3.8) is 0 Å². The molecule has 1 rings (SSSR count). The first-order valence-electron chi connectivity index (χ1n) is 6.60. The molecule has 0 heterocycles. The summed E-state index contributed by atoms with van der Waals surface area (Å²) in [6.07, 6.45) is 5.33. The van der Waals surface area contributed by atoms with E-state index in [9.17, 15) is 4.79 Å². The van der Waals surface area contributed by atoms with Crippen LogP contribution in [0.15, 0.2) is 0 Å². The van der Waals surface area contributed by atoms with E-state index in [0.29, 0.717) is 18.7 Å². The summed E-state index contributed by atoms with van der Waals surface area (Å²) in [5, 5.41) is 3.61. The molecule has 1 N–H and O–H groups in total. The Kier molecular flexibility index (Phi) is 5.81. The first-order chi connectivity index (χ1) is 7.67. The molecule has 1 aliphatic carbocycles. The summed E-state index contributed by atoms with van der Waals surface area (Å²) in [6, 6.07) is 1.18. The first-order valence-corrected chi connectivity index (χ1v) is 6.60. The van der Waals surface area contributed by atoms with Crippen LogP contribution in [-0.2, 0) is 9.53 Å². The third kappa shape index (κ3) is 4.12. The molecular formula is C13H25NO2. The minimum Gasteiger partial charge on any atom is -0.466 e. The highest BCUT2D eigenvalue weighted by Crippen LogP contribution is 2.25. The molecule has 1 saturated carbocycles. The topological polar surface area (TPSA) is 38.3 Å². The van der Waals surface area contributed by atoms with E-state index in [1.807, 2.05) is 6.92 Å². The molecule has 0 amide bonds. The molecule has 16 heavy (non-hydrogen) atoms. The van der Waals surface area contributed by atoms with Crippen LogP contribution in [0.1, 0.15) is 52.9 Å². The van der Waals surface area contributed by atoms with Crippen molar-refractivity contribution in [3.05, 3.63) is 0 Å². The molecule has 1 aliphatic rings. The van der Waals surface area contributed by atoms with Crippen molar-refractivity contribution in [2.24, 2.45) is 5.92 Å². The Labute approximate surface area is 98.9 Å². The Morgan fingerprint density at radius 3 is 2.44 bits per heavy atom. The molecule has 0 spiro atoms. The minimum atomic E-state index is 0.00416. The Bertz CT molecular complexity index is 210. The molecule has 3 heteroatoms. The lowest BCUT2D eigenvalue weighted by molar-refractivity contribution is -0.149. The third-order valence-electron chi connectivity index (χ3n) is 3.48. The molecule has 0 bridgehead atoms. The average molecular weight is 227 g/mol. The Morgan fingerprint density at radius 2 is 1.94 bits per heavy atom. The highest BCUT2D eigenvalue weighted by Gasteiger charge is 2.27. The normalized spacial score (nSPS) is 27.4. The smallest absolute Gasteiger partial charge is 0.308 e. The number of ether oxygens (including phenoxy) is 1. The van der Waals surface area contributed by atoms with Crippen molar-refractivity contribution in [2.75, 3.05) is 6.61 Å². The predicted molar refractivity (Wildman–Crippen MR) is 65.3 cm³/mol. The van der Waals surface area contributed by atoms with E-state index in [-0.39, 0.29) is 11.9 Å². The van der Waals surface area contributed by atoms with Gasteiger partial charge in [-0.1, -0.05) is 6.92 Å². The maximum absolute atomic E-state index is 11.5. The summed E-state index contributed by atoms with van der Waals surface area (Å²) < 4.78 is 5.06. The number of hydrogen-bond donors (Lipinski definition) is 1. The van der Waals surface area contributed by atoms with Crippen LogP contribution in [0.5, 0.6) is 0 Å². The van der Waals surface area contributed by atoms with Crippen LogP contribution in [-0.4, -0.2) is 24.7 Å². The van der Waals surface area contributed by atoms with Crippen LogP contribution in [0.3, 0.4) is 0 Å². The lowest BCUT2D eigenvalue weighted by Crippen LogP contribution is -2.39. The number of nitrogens with one attached hydrogen (secondary N) is 1. The predicted octanol–water partition coefficient (Wildman–Crippen LogP) is 2.50. The standard InChI is InChI=1S/C13H25NO2/c1-4-10(3)14-12-8-6-11(7-9-12)13(15)16-5-2/h10-12,14H,4-9H2,1-3H3. The van der Waals surface area contributed by atoms with Crippen molar-refractivity contribution in [3.8, 4) is 0 Å². The van der Waals surface area contributed by atoms with E-state index in [0.717, 1.165) is 32.1 Å². The molecule has 0 aromatic heterocycles.